The third-order valence-corrected chi connectivity index (χ3v) is 6.80. The second-order valence-corrected chi connectivity index (χ2v) is 9.61. The van der Waals surface area contributed by atoms with Crippen molar-refractivity contribution in [2.24, 2.45) is 0 Å². The maximum atomic E-state index is 12.9. The number of methoxy groups -OCH3 is 1. The number of piperidine rings is 1. The Labute approximate surface area is 224 Å². The lowest BCUT2D eigenvalue weighted by Gasteiger charge is -2.32. The van der Waals surface area contributed by atoms with Crippen molar-refractivity contribution >= 4 is 23.6 Å². The fraction of sp³-hybridized carbons (Fsp3) is 0.355. The van der Waals surface area contributed by atoms with Crippen molar-refractivity contribution in [1.29, 1.82) is 0 Å². The summed E-state index contributed by atoms with van der Waals surface area (Å²) in [6.07, 6.45) is 3.86. The molecule has 7 nitrogen and oxygen atoms in total. The van der Waals surface area contributed by atoms with Gasteiger partial charge >= 0.3 is 0 Å². The van der Waals surface area contributed by atoms with Crippen molar-refractivity contribution in [2.75, 3.05) is 32.1 Å². The van der Waals surface area contributed by atoms with Crippen molar-refractivity contribution in [3.8, 4) is 11.5 Å². The minimum atomic E-state index is -0.0936. The molecule has 0 radical (unpaired) electrons. The highest BCUT2D eigenvalue weighted by atomic mass is 16.5. The Hall–Kier alpha value is -4.00. The second-order valence-electron chi connectivity index (χ2n) is 9.61. The molecule has 0 bridgehead atoms. The van der Waals surface area contributed by atoms with Crippen molar-refractivity contribution in [3.63, 3.8) is 0 Å². The summed E-state index contributed by atoms with van der Waals surface area (Å²) in [5.74, 6) is 3.17. The maximum Gasteiger partial charge on any atom is 0.249 e. The lowest BCUT2D eigenvalue weighted by atomic mass is 9.89. The van der Waals surface area contributed by atoms with Gasteiger partial charge in [-0.25, -0.2) is 0 Å². The number of hydrogen-bond acceptors (Lipinski definition) is 5. The molecule has 1 saturated heterocycles. The van der Waals surface area contributed by atoms with Gasteiger partial charge in [-0.1, -0.05) is 18.2 Å². The fourth-order valence-electron chi connectivity index (χ4n) is 4.80. The third-order valence-electron chi connectivity index (χ3n) is 6.80. The molecule has 1 aromatic heterocycles. The highest BCUT2D eigenvalue weighted by Crippen LogP contribution is 2.30. The van der Waals surface area contributed by atoms with Crippen LogP contribution < -0.4 is 14.8 Å². The van der Waals surface area contributed by atoms with Gasteiger partial charge < -0.3 is 24.1 Å². The molecule has 0 spiro atoms. The number of benzene rings is 2. The molecule has 1 aliphatic heterocycles. The summed E-state index contributed by atoms with van der Waals surface area (Å²) in [6.45, 7) is 7.63. The molecule has 0 saturated carbocycles. The molecule has 0 aliphatic carbocycles. The summed E-state index contributed by atoms with van der Waals surface area (Å²) >= 11 is 0. The number of furan rings is 1. The van der Waals surface area contributed by atoms with Crippen LogP contribution in [-0.2, 0) is 16.0 Å². The van der Waals surface area contributed by atoms with E-state index in [4.69, 9.17) is 13.9 Å². The molecule has 38 heavy (non-hydrogen) atoms. The Balaban J connectivity index is 1.28. The van der Waals surface area contributed by atoms with Crippen LogP contribution in [0.2, 0.25) is 0 Å². The molecule has 1 N–H and O–H groups in total. The lowest BCUT2D eigenvalue weighted by Crippen LogP contribution is -2.38. The van der Waals surface area contributed by atoms with Gasteiger partial charge in [0.2, 0.25) is 11.8 Å². The zero-order valence-electron chi connectivity index (χ0n) is 22.6. The van der Waals surface area contributed by atoms with Crippen molar-refractivity contribution in [3.05, 3.63) is 82.8 Å². The summed E-state index contributed by atoms with van der Waals surface area (Å²) in [7, 11) is 1.59. The summed E-state index contributed by atoms with van der Waals surface area (Å²) < 4.78 is 16.5. The smallest absolute Gasteiger partial charge is 0.249 e. The first-order chi connectivity index (χ1) is 18.4. The molecule has 2 amide bonds. The van der Waals surface area contributed by atoms with Crippen LogP contribution in [0.15, 0.2) is 64.6 Å². The second kappa shape index (κ2) is 12.5. The van der Waals surface area contributed by atoms with Gasteiger partial charge in [0.05, 0.1) is 20.1 Å². The van der Waals surface area contributed by atoms with Crippen LogP contribution in [0.5, 0.6) is 11.5 Å². The Morgan fingerprint density at radius 1 is 1.05 bits per heavy atom. The van der Waals surface area contributed by atoms with Crippen LogP contribution in [0.25, 0.3) is 6.08 Å². The SMILES string of the molecule is CCOc1ccc(CC(=O)Nc2ccc(C3CCN(C(=O)/C(C)=C/c4ccc(C)o4)CC3)cc2)cc1OC. The van der Waals surface area contributed by atoms with E-state index in [1.165, 1.54) is 5.56 Å². The van der Waals surface area contributed by atoms with Crippen LogP contribution in [-0.4, -0.2) is 43.5 Å². The van der Waals surface area contributed by atoms with E-state index in [0.29, 0.717) is 35.4 Å². The summed E-state index contributed by atoms with van der Waals surface area (Å²) in [6, 6.07) is 17.3. The number of aryl methyl sites for hydroxylation is 1. The number of nitrogens with one attached hydrogen (secondary N) is 1. The number of anilines is 1. The third kappa shape index (κ3) is 6.85. The first kappa shape index (κ1) is 27.0. The predicted octanol–water partition coefficient (Wildman–Crippen LogP) is 5.99. The molecule has 1 fully saturated rings. The van der Waals surface area contributed by atoms with Crippen molar-refractivity contribution < 1.29 is 23.5 Å². The minimum absolute atomic E-state index is 0.0562. The van der Waals surface area contributed by atoms with Gasteiger partial charge in [0.15, 0.2) is 11.5 Å². The number of amides is 2. The molecule has 1 aliphatic rings. The largest absolute Gasteiger partial charge is 0.493 e. The molecule has 2 aromatic carbocycles. The van der Waals surface area contributed by atoms with E-state index < -0.39 is 0 Å². The number of nitrogens with zero attached hydrogens (tertiary/aromatic N) is 1. The average Bonchev–Trinajstić information content (AvgIpc) is 3.33. The van der Waals surface area contributed by atoms with Crippen LogP contribution >= 0.6 is 0 Å². The monoisotopic (exact) mass is 516 g/mol. The Kier molecular flexibility index (Phi) is 8.89. The van der Waals surface area contributed by atoms with E-state index in [1.54, 1.807) is 13.2 Å². The number of carbonyl (C=O) groups excluding carboxylic acids is 2. The van der Waals surface area contributed by atoms with Gasteiger partial charge in [-0.2, -0.15) is 0 Å². The van der Waals surface area contributed by atoms with Gasteiger partial charge in [-0.3, -0.25) is 9.59 Å². The Morgan fingerprint density at radius 3 is 2.42 bits per heavy atom. The van der Waals surface area contributed by atoms with Gasteiger partial charge in [0, 0.05) is 24.4 Å². The first-order valence-corrected chi connectivity index (χ1v) is 13.1. The fourth-order valence-corrected chi connectivity index (χ4v) is 4.80. The number of hydrogen-bond donors (Lipinski definition) is 1. The first-order valence-electron chi connectivity index (χ1n) is 13.1. The zero-order valence-corrected chi connectivity index (χ0v) is 22.6. The molecule has 3 aromatic rings. The molecule has 4 rings (SSSR count). The highest BCUT2D eigenvalue weighted by Gasteiger charge is 2.24. The normalized spacial score (nSPS) is 14.3. The van der Waals surface area contributed by atoms with E-state index in [-0.39, 0.29) is 18.2 Å². The summed E-state index contributed by atoms with van der Waals surface area (Å²) in [5, 5.41) is 2.98. The number of ether oxygens (including phenoxy) is 2. The topological polar surface area (TPSA) is 81.0 Å². The molecule has 0 unspecified atom stereocenters. The van der Waals surface area contributed by atoms with Gasteiger partial charge in [-0.05, 0) is 93.1 Å². The van der Waals surface area contributed by atoms with Gasteiger partial charge in [0.25, 0.3) is 0 Å². The molecule has 0 atom stereocenters. The summed E-state index contributed by atoms with van der Waals surface area (Å²) in [5.41, 5.74) is 3.52. The molecule has 200 valence electrons. The van der Waals surface area contributed by atoms with Crippen LogP contribution in [0.3, 0.4) is 0 Å². The standard InChI is InChI=1S/C31H36N2O5/c1-5-37-28-13-7-23(19-29(28)36-4)20-30(34)32-26-10-8-24(9-11-26)25-14-16-33(17-15-25)31(35)21(2)18-27-12-6-22(3)38-27/h6-13,18-19,25H,5,14-17,20H2,1-4H3,(H,32,34)/b21-18+. The Bertz CT molecular complexity index is 1280. The van der Waals surface area contributed by atoms with Crippen molar-refractivity contribution in [1.82, 2.24) is 4.90 Å². The molecule has 7 heteroatoms. The highest BCUT2D eigenvalue weighted by molar-refractivity contribution is 5.97. The number of rotatable bonds is 9. The maximum absolute atomic E-state index is 12.9. The van der Waals surface area contributed by atoms with Crippen molar-refractivity contribution in [2.45, 2.75) is 46.0 Å². The Morgan fingerprint density at radius 2 is 1.79 bits per heavy atom. The zero-order chi connectivity index (χ0) is 27.1. The minimum Gasteiger partial charge on any atom is -0.493 e. The number of carbonyl (C=O) groups is 2. The van der Waals surface area contributed by atoms with Gasteiger partial charge in [0.1, 0.15) is 11.5 Å². The van der Waals surface area contributed by atoms with Crippen LogP contribution in [0.4, 0.5) is 5.69 Å². The molecular formula is C31H36N2O5. The average molecular weight is 517 g/mol. The van der Waals surface area contributed by atoms with E-state index in [0.717, 1.165) is 42.9 Å². The van der Waals surface area contributed by atoms with E-state index in [2.05, 4.69) is 17.4 Å². The molecule has 2 heterocycles. The van der Waals surface area contributed by atoms with Crippen LogP contribution in [0.1, 0.15) is 55.3 Å². The van der Waals surface area contributed by atoms with Gasteiger partial charge in [-0.15, -0.1) is 0 Å². The van der Waals surface area contributed by atoms with Crippen LogP contribution in [0, 0.1) is 6.92 Å². The lowest BCUT2D eigenvalue weighted by molar-refractivity contribution is -0.128. The van der Waals surface area contributed by atoms with E-state index >= 15 is 0 Å². The quantitative estimate of drug-likeness (QED) is 0.354. The van der Waals surface area contributed by atoms with E-state index in [1.807, 2.05) is 68.1 Å². The molecular weight excluding hydrogens is 480 g/mol. The van der Waals surface area contributed by atoms with E-state index in [9.17, 15) is 9.59 Å². The summed E-state index contributed by atoms with van der Waals surface area (Å²) in [4.78, 5) is 27.4. The predicted molar refractivity (Wildman–Crippen MR) is 149 cm³/mol. The number of likely N-dealkylation sites (tertiary alicyclic amines) is 1.